The van der Waals surface area contributed by atoms with E-state index in [0.29, 0.717) is 16.5 Å². The van der Waals surface area contributed by atoms with Gasteiger partial charge in [0.15, 0.2) is 0 Å². The van der Waals surface area contributed by atoms with Gasteiger partial charge >= 0.3 is 5.63 Å². The van der Waals surface area contributed by atoms with Crippen LogP contribution in [-0.2, 0) is 12.2 Å². The summed E-state index contributed by atoms with van der Waals surface area (Å²) in [7, 11) is 0. The lowest BCUT2D eigenvalue weighted by molar-refractivity contribution is 0.559. The van der Waals surface area contributed by atoms with Crippen molar-refractivity contribution in [3.63, 3.8) is 0 Å². The van der Waals surface area contributed by atoms with E-state index in [9.17, 15) is 4.79 Å². The second kappa shape index (κ2) is 7.15. The Morgan fingerprint density at radius 2 is 2.20 bits per heavy atom. The van der Waals surface area contributed by atoms with Gasteiger partial charge < -0.3 is 4.42 Å². The lowest BCUT2D eigenvalue weighted by Gasteiger charge is -2.04. The molecule has 4 aromatic rings. The number of fused-ring (bicyclic) bond motifs is 1. The van der Waals surface area contributed by atoms with Gasteiger partial charge in [-0.05, 0) is 35.2 Å². The lowest BCUT2D eigenvalue weighted by Crippen LogP contribution is -2.00. The van der Waals surface area contributed by atoms with Crippen molar-refractivity contribution in [2.24, 2.45) is 0 Å². The fraction of sp³-hybridized carbons (Fsp3) is 0.118. The van der Waals surface area contributed by atoms with Crippen LogP contribution in [0.5, 0.6) is 0 Å². The fourth-order valence-corrected chi connectivity index (χ4v) is 4.32. The van der Waals surface area contributed by atoms with Gasteiger partial charge in [0.05, 0.1) is 0 Å². The summed E-state index contributed by atoms with van der Waals surface area (Å²) in [5.41, 5.74) is 1.13. The van der Waals surface area contributed by atoms with Gasteiger partial charge in [-0.1, -0.05) is 33.8 Å². The molecule has 25 heavy (non-hydrogen) atoms. The number of H-pyrrole nitrogens is 1. The molecule has 0 aliphatic rings. The van der Waals surface area contributed by atoms with Crippen molar-refractivity contribution in [1.82, 2.24) is 15.2 Å². The summed E-state index contributed by atoms with van der Waals surface area (Å²) in [6.45, 7) is 0. The highest BCUT2D eigenvalue weighted by Gasteiger charge is 2.10. The topological polar surface area (TPSA) is 71.8 Å². The molecule has 0 radical (unpaired) electrons. The average Bonchev–Trinajstić information content (AvgIpc) is 3.24. The zero-order valence-electron chi connectivity index (χ0n) is 12.9. The normalized spacial score (nSPS) is 11.2. The van der Waals surface area contributed by atoms with E-state index >= 15 is 0 Å². The first-order chi connectivity index (χ1) is 12.2. The molecule has 8 heteroatoms. The largest absolute Gasteiger partial charge is 0.423 e. The third-order valence-electron chi connectivity index (χ3n) is 3.58. The molecule has 1 aromatic carbocycles. The number of thioether (sulfide) groups is 1. The molecular formula is C17H12BrN3O2S2. The molecule has 0 bridgehead atoms. The van der Waals surface area contributed by atoms with Crippen LogP contribution in [0, 0.1) is 0 Å². The molecule has 0 saturated carbocycles. The summed E-state index contributed by atoms with van der Waals surface area (Å²) in [5.74, 6) is 1.44. The van der Waals surface area contributed by atoms with E-state index in [-0.39, 0.29) is 5.63 Å². The number of nitrogens with one attached hydrogen (secondary N) is 1. The van der Waals surface area contributed by atoms with E-state index in [2.05, 4.69) is 37.2 Å². The first-order valence-electron chi connectivity index (χ1n) is 7.46. The van der Waals surface area contributed by atoms with Crippen LogP contribution in [-0.4, -0.2) is 15.2 Å². The molecule has 3 aromatic heterocycles. The van der Waals surface area contributed by atoms with Crippen LogP contribution < -0.4 is 5.63 Å². The fourth-order valence-electron chi connectivity index (χ4n) is 2.47. The number of thiophene rings is 1. The van der Waals surface area contributed by atoms with Crippen LogP contribution in [0.1, 0.15) is 16.3 Å². The van der Waals surface area contributed by atoms with E-state index in [1.807, 2.05) is 23.6 Å². The van der Waals surface area contributed by atoms with Gasteiger partial charge in [-0.3, -0.25) is 5.10 Å². The number of hydrogen-bond donors (Lipinski definition) is 1. The molecule has 126 valence electrons. The Bertz CT molecular complexity index is 1070. The Morgan fingerprint density at radius 3 is 3.04 bits per heavy atom. The zero-order valence-corrected chi connectivity index (χ0v) is 16.1. The molecule has 1 N–H and O–H groups in total. The summed E-state index contributed by atoms with van der Waals surface area (Å²) in [6, 6.07) is 11.3. The second-order valence-electron chi connectivity index (χ2n) is 5.34. The highest BCUT2D eigenvalue weighted by atomic mass is 79.9. The van der Waals surface area contributed by atoms with E-state index in [1.54, 1.807) is 17.4 Å². The molecule has 4 rings (SSSR count). The van der Waals surface area contributed by atoms with Crippen molar-refractivity contribution in [3.05, 3.63) is 72.9 Å². The minimum Gasteiger partial charge on any atom is -0.423 e. The Hall–Kier alpha value is -1.90. The zero-order chi connectivity index (χ0) is 17.2. The van der Waals surface area contributed by atoms with Crippen molar-refractivity contribution in [3.8, 4) is 0 Å². The maximum atomic E-state index is 11.8. The van der Waals surface area contributed by atoms with Crippen LogP contribution in [0.15, 0.2) is 60.6 Å². The molecular weight excluding hydrogens is 422 g/mol. The maximum Gasteiger partial charge on any atom is 0.336 e. The second-order valence-corrected chi connectivity index (χ2v) is 8.23. The monoisotopic (exact) mass is 433 g/mol. The SMILES string of the molecule is O=c1cc(CSc2n[nH]c(Cc3cccs3)n2)c2ccc(Br)cc2o1. The molecule has 0 spiro atoms. The predicted molar refractivity (Wildman–Crippen MR) is 103 cm³/mol. The number of hydrogen-bond acceptors (Lipinski definition) is 6. The minimum absolute atomic E-state index is 0.352. The Morgan fingerprint density at radius 1 is 1.28 bits per heavy atom. The number of halogens is 1. The van der Waals surface area contributed by atoms with Gasteiger partial charge in [0.25, 0.3) is 0 Å². The van der Waals surface area contributed by atoms with Crippen LogP contribution in [0.3, 0.4) is 0 Å². The van der Waals surface area contributed by atoms with E-state index in [4.69, 9.17) is 4.42 Å². The number of nitrogens with zero attached hydrogens (tertiary/aromatic N) is 2. The first-order valence-corrected chi connectivity index (χ1v) is 10.1. The molecule has 0 fully saturated rings. The molecule has 0 aliphatic heterocycles. The van der Waals surface area contributed by atoms with Gasteiger partial charge in [0, 0.05) is 33.0 Å². The summed E-state index contributed by atoms with van der Waals surface area (Å²) in [5, 5.41) is 10.9. The molecule has 0 unspecified atom stereocenters. The van der Waals surface area contributed by atoms with Crippen molar-refractivity contribution < 1.29 is 4.42 Å². The predicted octanol–water partition coefficient (Wildman–Crippen LogP) is 4.62. The standard InChI is InChI=1S/C17H12BrN3O2S2/c18-11-3-4-13-10(6-16(22)23-14(13)7-11)9-25-17-19-15(20-21-17)8-12-2-1-5-24-12/h1-7H,8-9H2,(H,19,20,21). The van der Waals surface area contributed by atoms with Crippen LogP contribution in [0.2, 0.25) is 0 Å². The lowest BCUT2D eigenvalue weighted by atomic mass is 10.1. The minimum atomic E-state index is -0.352. The summed E-state index contributed by atoms with van der Waals surface area (Å²) in [4.78, 5) is 17.5. The Kier molecular flexibility index (Phi) is 4.74. The molecule has 3 heterocycles. The number of aromatic nitrogens is 3. The molecule has 0 atom stereocenters. The van der Waals surface area contributed by atoms with Gasteiger partial charge in [0.1, 0.15) is 11.4 Å². The third-order valence-corrected chi connectivity index (χ3v) is 5.85. The molecule has 0 aliphatic carbocycles. The number of rotatable bonds is 5. The van der Waals surface area contributed by atoms with Gasteiger partial charge in [-0.25, -0.2) is 9.78 Å². The summed E-state index contributed by atoms with van der Waals surface area (Å²) < 4.78 is 6.14. The number of benzene rings is 1. The molecule has 0 saturated heterocycles. The van der Waals surface area contributed by atoms with E-state index in [1.165, 1.54) is 22.7 Å². The van der Waals surface area contributed by atoms with Crippen LogP contribution in [0.4, 0.5) is 0 Å². The highest BCUT2D eigenvalue weighted by Crippen LogP contribution is 2.26. The van der Waals surface area contributed by atoms with Gasteiger partial charge in [-0.2, -0.15) is 0 Å². The first kappa shape index (κ1) is 16.6. The third kappa shape index (κ3) is 3.86. The summed E-state index contributed by atoms with van der Waals surface area (Å²) >= 11 is 6.58. The van der Waals surface area contributed by atoms with Crippen LogP contribution >= 0.6 is 39.0 Å². The Labute approximate surface area is 159 Å². The highest BCUT2D eigenvalue weighted by molar-refractivity contribution is 9.10. The maximum absolute atomic E-state index is 11.8. The summed E-state index contributed by atoms with van der Waals surface area (Å²) in [6.07, 6.45) is 0.747. The van der Waals surface area contributed by atoms with Gasteiger partial charge in [-0.15, -0.1) is 16.4 Å². The van der Waals surface area contributed by atoms with Crippen molar-refractivity contribution >= 4 is 50.0 Å². The molecule has 5 nitrogen and oxygen atoms in total. The Balaban J connectivity index is 1.53. The van der Waals surface area contributed by atoms with Gasteiger partial charge in [0.2, 0.25) is 5.16 Å². The van der Waals surface area contributed by atoms with Crippen molar-refractivity contribution in [2.75, 3.05) is 0 Å². The average molecular weight is 434 g/mol. The number of aromatic amines is 1. The smallest absolute Gasteiger partial charge is 0.336 e. The quantitative estimate of drug-likeness (QED) is 0.367. The van der Waals surface area contributed by atoms with E-state index in [0.717, 1.165) is 27.7 Å². The van der Waals surface area contributed by atoms with E-state index < -0.39 is 0 Å². The van der Waals surface area contributed by atoms with Crippen LogP contribution in [0.25, 0.3) is 11.0 Å². The van der Waals surface area contributed by atoms with Crippen molar-refractivity contribution in [1.29, 1.82) is 0 Å². The van der Waals surface area contributed by atoms with Crippen molar-refractivity contribution in [2.45, 2.75) is 17.3 Å². The molecule has 0 amide bonds.